The lowest BCUT2D eigenvalue weighted by molar-refractivity contribution is 0.575. The number of hydrogen-bond acceptors (Lipinski definition) is 2. The summed E-state index contributed by atoms with van der Waals surface area (Å²) in [6.07, 6.45) is 8.19. The van der Waals surface area contributed by atoms with Gasteiger partial charge in [-0.1, -0.05) is 32.9 Å². The molecule has 21 heavy (non-hydrogen) atoms. The molecule has 0 saturated carbocycles. The Labute approximate surface area is 133 Å². The Hall–Kier alpha value is -1.22. The highest BCUT2D eigenvalue weighted by Crippen LogP contribution is 2.25. The predicted octanol–water partition coefficient (Wildman–Crippen LogP) is 5.22. The molecule has 1 heterocycles. The molecule has 0 aliphatic heterocycles. The largest absolute Gasteiger partial charge is 0.337 e. The molecule has 0 N–H and O–H groups in total. The molecule has 1 unspecified atom stereocenters. The van der Waals surface area contributed by atoms with Gasteiger partial charge < -0.3 is 4.57 Å². The molecular weight excluding hydrogens is 276 g/mol. The molecule has 0 aliphatic rings. The van der Waals surface area contributed by atoms with E-state index in [1.807, 2.05) is 30.5 Å². The van der Waals surface area contributed by atoms with Crippen molar-refractivity contribution >= 4 is 11.8 Å². The number of thioether (sulfide) groups is 1. The van der Waals surface area contributed by atoms with Crippen LogP contribution in [-0.4, -0.2) is 15.3 Å². The maximum atomic E-state index is 4.09. The smallest absolute Gasteiger partial charge is 0.0945 e. The van der Waals surface area contributed by atoms with E-state index in [9.17, 15) is 0 Å². The van der Waals surface area contributed by atoms with E-state index >= 15 is 0 Å². The van der Waals surface area contributed by atoms with E-state index in [2.05, 4.69) is 54.6 Å². The molecule has 0 spiro atoms. The Balaban J connectivity index is 1.80. The average Bonchev–Trinajstić information content (AvgIpc) is 2.98. The van der Waals surface area contributed by atoms with Crippen LogP contribution in [-0.2, 0) is 6.54 Å². The van der Waals surface area contributed by atoms with Crippen molar-refractivity contribution in [2.75, 3.05) is 5.75 Å². The third-order valence-corrected chi connectivity index (χ3v) is 4.84. The molecule has 2 aromatic rings. The maximum absolute atomic E-state index is 4.09. The van der Waals surface area contributed by atoms with E-state index in [0.717, 1.165) is 18.9 Å². The van der Waals surface area contributed by atoms with Crippen molar-refractivity contribution in [2.45, 2.75) is 51.0 Å². The summed E-state index contributed by atoms with van der Waals surface area (Å²) in [6.45, 7) is 7.90. The quantitative estimate of drug-likeness (QED) is 0.623. The second-order valence-electron chi connectivity index (χ2n) is 6.09. The summed E-state index contributed by atoms with van der Waals surface area (Å²) in [7, 11) is 0. The fraction of sp³-hybridized carbons (Fsp3) is 0.500. The molecule has 2 nitrogen and oxygen atoms in total. The van der Waals surface area contributed by atoms with Crippen LogP contribution in [0.15, 0.2) is 47.9 Å². The van der Waals surface area contributed by atoms with E-state index in [-0.39, 0.29) is 0 Å². The normalized spacial score (nSPS) is 12.8. The van der Waals surface area contributed by atoms with Gasteiger partial charge in [0.05, 0.1) is 6.33 Å². The molecular formula is C18H26N2S. The van der Waals surface area contributed by atoms with Gasteiger partial charge >= 0.3 is 0 Å². The first-order valence-electron chi connectivity index (χ1n) is 7.83. The number of rotatable bonds is 8. The van der Waals surface area contributed by atoms with Crippen molar-refractivity contribution in [2.24, 2.45) is 5.92 Å². The Morgan fingerprint density at radius 1 is 1.10 bits per heavy atom. The first-order chi connectivity index (χ1) is 10.1. The Kier molecular flexibility index (Phi) is 6.37. The molecule has 2 rings (SSSR count). The highest BCUT2D eigenvalue weighted by molar-refractivity contribution is 7.99. The molecule has 0 bridgehead atoms. The lowest BCUT2D eigenvalue weighted by Gasteiger charge is -2.13. The van der Waals surface area contributed by atoms with Gasteiger partial charge in [0.15, 0.2) is 0 Å². The van der Waals surface area contributed by atoms with Crippen LogP contribution in [0.5, 0.6) is 0 Å². The molecule has 0 fully saturated rings. The Morgan fingerprint density at radius 3 is 2.48 bits per heavy atom. The van der Waals surface area contributed by atoms with Gasteiger partial charge in [-0.2, -0.15) is 0 Å². The number of nitrogens with zero attached hydrogens (tertiary/aromatic N) is 2. The van der Waals surface area contributed by atoms with Crippen LogP contribution in [0, 0.1) is 5.92 Å². The lowest BCUT2D eigenvalue weighted by atomic mass is 9.98. The predicted molar refractivity (Wildman–Crippen MR) is 91.9 cm³/mol. The molecule has 1 aromatic heterocycles. The number of aromatic nitrogens is 2. The topological polar surface area (TPSA) is 17.8 Å². The minimum Gasteiger partial charge on any atom is -0.337 e. The minimum absolute atomic E-state index is 0.585. The summed E-state index contributed by atoms with van der Waals surface area (Å²) in [5.41, 5.74) is 1.43. The van der Waals surface area contributed by atoms with Gasteiger partial charge in [-0.3, -0.25) is 0 Å². The summed E-state index contributed by atoms with van der Waals surface area (Å²) in [5, 5.41) is 0. The molecule has 1 aromatic carbocycles. The second-order valence-corrected chi connectivity index (χ2v) is 7.26. The summed E-state index contributed by atoms with van der Waals surface area (Å²) >= 11 is 1.97. The number of hydrogen-bond donors (Lipinski definition) is 0. The van der Waals surface area contributed by atoms with Gasteiger partial charge in [0, 0.05) is 23.8 Å². The Morgan fingerprint density at radius 2 is 1.86 bits per heavy atom. The maximum Gasteiger partial charge on any atom is 0.0945 e. The van der Waals surface area contributed by atoms with Gasteiger partial charge in [0.1, 0.15) is 0 Å². The summed E-state index contributed by atoms with van der Waals surface area (Å²) in [5.74, 6) is 2.59. The minimum atomic E-state index is 0.585. The molecule has 0 aliphatic carbocycles. The summed E-state index contributed by atoms with van der Waals surface area (Å²) in [4.78, 5) is 5.48. The zero-order valence-corrected chi connectivity index (χ0v) is 14.1. The lowest BCUT2D eigenvalue weighted by Crippen LogP contribution is -2.01. The van der Waals surface area contributed by atoms with Crippen LogP contribution >= 0.6 is 11.8 Å². The molecule has 3 heteroatoms. The molecule has 1 atom stereocenters. The van der Waals surface area contributed by atoms with Crippen molar-refractivity contribution in [1.82, 2.24) is 9.55 Å². The standard InChI is InChI=1S/C18H26N2S/c1-15(2)9-13-21-18-6-4-17(5-7-18)16(3)8-11-20-12-10-19-14-20/h4-7,10,12,14-16H,8-9,11,13H2,1-3H3. The summed E-state index contributed by atoms with van der Waals surface area (Å²) < 4.78 is 2.15. The first-order valence-corrected chi connectivity index (χ1v) is 8.82. The summed E-state index contributed by atoms with van der Waals surface area (Å²) in [6, 6.07) is 9.12. The van der Waals surface area contributed by atoms with Crippen molar-refractivity contribution in [3.8, 4) is 0 Å². The zero-order valence-electron chi connectivity index (χ0n) is 13.3. The number of benzene rings is 1. The molecule has 0 amide bonds. The fourth-order valence-corrected chi connectivity index (χ4v) is 3.39. The van der Waals surface area contributed by atoms with Gasteiger partial charge in [-0.15, -0.1) is 11.8 Å². The highest BCUT2D eigenvalue weighted by Gasteiger charge is 2.06. The third-order valence-electron chi connectivity index (χ3n) is 3.79. The second kappa shape index (κ2) is 8.28. The van der Waals surface area contributed by atoms with Gasteiger partial charge in [-0.25, -0.2) is 4.98 Å². The van der Waals surface area contributed by atoms with Gasteiger partial charge in [0.25, 0.3) is 0 Å². The van der Waals surface area contributed by atoms with Crippen molar-refractivity contribution in [1.29, 1.82) is 0 Å². The monoisotopic (exact) mass is 302 g/mol. The first kappa shape index (κ1) is 16.2. The number of imidazole rings is 1. The SMILES string of the molecule is CC(C)CCSc1ccc(C(C)CCn2ccnc2)cc1. The van der Waals surface area contributed by atoms with Crippen LogP contribution in [0.1, 0.15) is 45.1 Å². The van der Waals surface area contributed by atoms with E-state index in [1.165, 1.54) is 22.6 Å². The fourth-order valence-electron chi connectivity index (χ4n) is 2.23. The van der Waals surface area contributed by atoms with E-state index in [4.69, 9.17) is 0 Å². The van der Waals surface area contributed by atoms with Gasteiger partial charge in [0.2, 0.25) is 0 Å². The van der Waals surface area contributed by atoms with E-state index in [0.29, 0.717) is 5.92 Å². The average molecular weight is 302 g/mol. The van der Waals surface area contributed by atoms with Crippen LogP contribution < -0.4 is 0 Å². The zero-order chi connectivity index (χ0) is 15.1. The van der Waals surface area contributed by atoms with Crippen molar-refractivity contribution in [3.63, 3.8) is 0 Å². The molecule has 114 valence electrons. The van der Waals surface area contributed by atoms with E-state index < -0.39 is 0 Å². The van der Waals surface area contributed by atoms with Crippen LogP contribution in [0.25, 0.3) is 0 Å². The van der Waals surface area contributed by atoms with Crippen LogP contribution in [0.3, 0.4) is 0 Å². The van der Waals surface area contributed by atoms with E-state index in [1.54, 1.807) is 0 Å². The van der Waals surface area contributed by atoms with Crippen molar-refractivity contribution in [3.05, 3.63) is 48.5 Å². The number of aryl methyl sites for hydroxylation is 1. The third kappa shape index (κ3) is 5.58. The molecule has 0 saturated heterocycles. The van der Waals surface area contributed by atoms with Crippen LogP contribution in [0.4, 0.5) is 0 Å². The highest BCUT2D eigenvalue weighted by atomic mass is 32.2. The molecule has 0 radical (unpaired) electrons. The van der Waals surface area contributed by atoms with Gasteiger partial charge in [-0.05, 0) is 48.1 Å². The van der Waals surface area contributed by atoms with Crippen molar-refractivity contribution < 1.29 is 0 Å². The van der Waals surface area contributed by atoms with Crippen LogP contribution in [0.2, 0.25) is 0 Å². The Bertz CT molecular complexity index is 503.